The Morgan fingerprint density at radius 3 is 2.45 bits per heavy atom. The van der Waals surface area contributed by atoms with Crippen molar-refractivity contribution >= 4 is 43.9 Å². The molecule has 5 nitrogen and oxygen atoms in total. The van der Waals surface area contributed by atoms with Crippen molar-refractivity contribution in [2.75, 3.05) is 5.32 Å². The predicted octanol–water partition coefficient (Wildman–Crippen LogP) is 5.38. The molecule has 0 saturated carbocycles. The molecule has 4 rings (SSSR count). The third-order valence-corrected chi connectivity index (χ3v) is 7.20. The first-order valence-electron chi connectivity index (χ1n) is 9.71. The Morgan fingerprint density at radius 1 is 1.00 bits per heavy atom. The molecule has 0 bridgehead atoms. The Balaban J connectivity index is 1.71. The average Bonchev–Trinajstić information content (AvgIpc) is 3.10. The lowest BCUT2D eigenvalue weighted by Gasteiger charge is -2.10. The van der Waals surface area contributed by atoms with E-state index in [1.54, 1.807) is 34.9 Å². The molecule has 0 radical (unpaired) electrons. The molecular formula is C24H21ClN2O3S. The number of amides is 1. The summed E-state index contributed by atoms with van der Waals surface area (Å²) in [6, 6.07) is 19.1. The van der Waals surface area contributed by atoms with Gasteiger partial charge in [-0.15, -0.1) is 0 Å². The van der Waals surface area contributed by atoms with Crippen LogP contribution in [0.4, 0.5) is 5.69 Å². The average molecular weight is 453 g/mol. The Kier molecular flexibility index (Phi) is 5.60. The fourth-order valence-electron chi connectivity index (χ4n) is 3.51. The molecule has 158 valence electrons. The first-order valence-corrected chi connectivity index (χ1v) is 11.6. The molecule has 0 aliphatic carbocycles. The van der Waals surface area contributed by atoms with E-state index in [-0.39, 0.29) is 22.2 Å². The van der Waals surface area contributed by atoms with Gasteiger partial charge in [-0.2, -0.15) is 0 Å². The maximum atomic E-state index is 13.3. The predicted molar refractivity (Wildman–Crippen MR) is 123 cm³/mol. The molecule has 1 heterocycles. The van der Waals surface area contributed by atoms with Crippen molar-refractivity contribution in [3.05, 3.63) is 89.1 Å². The summed E-state index contributed by atoms with van der Waals surface area (Å²) in [5.74, 6) is -0.232. The van der Waals surface area contributed by atoms with E-state index in [2.05, 4.69) is 5.32 Å². The van der Waals surface area contributed by atoms with Crippen LogP contribution in [0, 0.1) is 13.8 Å². The maximum absolute atomic E-state index is 13.3. The number of fused-ring (bicyclic) bond motifs is 1. The van der Waals surface area contributed by atoms with E-state index in [0.717, 1.165) is 16.8 Å². The molecule has 3 aromatic carbocycles. The van der Waals surface area contributed by atoms with Gasteiger partial charge in [-0.05, 0) is 61.4 Å². The van der Waals surface area contributed by atoms with Gasteiger partial charge in [0.25, 0.3) is 0 Å². The summed E-state index contributed by atoms with van der Waals surface area (Å²) < 4.78 is 28.2. The minimum Gasteiger partial charge on any atom is -0.337 e. The third-order valence-electron chi connectivity index (χ3n) is 5.15. The molecular weight excluding hydrogens is 432 g/mol. The SMILES string of the molecule is Cc1ccc(C)c(NC(=O)Cn2cc(S(=O)(=O)c3ccc(Cl)cc3)c3ccccc32)c1. The summed E-state index contributed by atoms with van der Waals surface area (Å²) >= 11 is 5.91. The zero-order valence-corrected chi connectivity index (χ0v) is 18.7. The number of aryl methyl sites for hydroxylation is 2. The van der Waals surface area contributed by atoms with E-state index < -0.39 is 9.84 Å². The number of carbonyl (C=O) groups excluding carboxylic acids is 1. The van der Waals surface area contributed by atoms with Crippen LogP contribution in [0.3, 0.4) is 0 Å². The largest absolute Gasteiger partial charge is 0.337 e. The molecule has 0 fully saturated rings. The van der Waals surface area contributed by atoms with E-state index in [4.69, 9.17) is 11.6 Å². The maximum Gasteiger partial charge on any atom is 0.244 e. The van der Waals surface area contributed by atoms with E-state index in [9.17, 15) is 13.2 Å². The summed E-state index contributed by atoms with van der Waals surface area (Å²) in [4.78, 5) is 13.1. The van der Waals surface area contributed by atoms with Gasteiger partial charge in [0.05, 0.1) is 9.79 Å². The van der Waals surface area contributed by atoms with Crippen molar-refractivity contribution in [2.24, 2.45) is 0 Å². The van der Waals surface area contributed by atoms with Crippen LogP contribution in [0.15, 0.2) is 82.7 Å². The molecule has 31 heavy (non-hydrogen) atoms. The number of aromatic nitrogens is 1. The van der Waals surface area contributed by atoms with Crippen LogP contribution in [0.5, 0.6) is 0 Å². The molecule has 0 spiro atoms. The van der Waals surface area contributed by atoms with Crippen LogP contribution in [-0.2, 0) is 21.2 Å². The molecule has 1 aromatic heterocycles. The van der Waals surface area contributed by atoms with Crippen molar-refractivity contribution in [1.29, 1.82) is 0 Å². The second-order valence-corrected chi connectivity index (χ2v) is 9.82. The zero-order chi connectivity index (χ0) is 22.2. The highest BCUT2D eigenvalue weighted by Crippen LogP contribution is 2.31. The van der Waals surface area contributed by atoms with Gasteiger partial charge in [0.1, 0.15) is 6.54 Å². The standard InChI is InChI=1S/C24H21ClN2O3S/c1-16-7-8-17(2)21(13-16)26-24(28)15-27-14-23(20-5-3-4-6-22(20)27)31(29,30)19-11-9-18(25)10-12-19/h3-14H,15H2,1-2H3,(H,26,28). The number of hydrogen-bond acceptors (Lipinski definition) is 3. The summed E-state index contributed by atoms with van der Waals surface area (Å²) in [5, 5.41) is 3.96. The molecule has 1 N–H and O–H groups in total. The number of halogens is 1. The summed E-state index contributed by atoms with van der Waals surface area (Å²) in [6.07, 6.45) is 1.53. The normalized spacial score (nSPS) is 11.6. The molecule has 7 heteroatoms. The van der Waals surface area contributed by atoms with E-state index in [1.165, 1.54) is 18.3 Å². The van der Waals surface area contributed by atoms with Crippen molar-refractivity contribution < 1.29 is 13.2 Å². The molecule has 0 saturated heterocycles. The highest BCUT2D eigenvalue weighted by molar-refractivity contribution is 7.91. The number of nitrogens with one attached hydrogen (secondary N) is 1. The fraction of sp³-hybridized carbons (Fsp3) is 0.125. The first kappa shape index (κ1) is 21.2. The summed E-state index contributed by atoms with van der Waals surface area (Å²) in [6.45, 7) is 3.88. The van der Waals surface area contributed by atoms with Gasteiger partial charge in [0, 0.05) is 27.8 Å². The van der Waals surface area contributed by atoms with Crippen molar-refractivity contribution in [2.45, 2.75) is 30.2 Å². The van der Waals surface area contributed by atoms with Gasteiger partial charge >= 0.3 is 0 Å². The number of anilines is 1. The Morgan fingerprint density at radius 2 is 1.71 bits per heavy atom. The van der Waals surface area contributed by atoms with Gasteiger partial charge in [0.2, 0.25) is 15.7 Å². The molecule has 0 aliphatic rings. The van der Waals surface area contributed by atoms with Crippen LogP contribution in [-0.4, -0.2) is 18.9 Å². The van der Waals surface area contributed by atoms with Gasteiger partial charge in [0.15, 0.2) is 0 Å². The Bertz CT molecular complexity index is 1390. The number of carbonyl (C=O) groups is 1. The number of hydrogen-bond donors (Lipinski definition) is 1. The third kappa shape index (κ3) is 4.22. The van der Waals surface area contributed by atoms with E-state index in [1.807, 2.05) is 38.1 Å². The van der Waals surface area contributed by atoms with Gasteiger partial charge in [-0.1, -0.05) is 41.9 Å². The molecule has 0 unspecified atom stereocenters. The summed E-state index contributed by atoms with van der Waals surface area (Å²) in [5.41, 5.74) is 3.42. The Hall–Kier alpha value is -3.09. The van der Waals surface area contributed by atoms with Crippen LogP contribution < -0.4 is 5.32 Å². The lowest BCUT2D eigenvalue weighted by Crippen LogP contribution is -2.19. The minimum absolute atomic E-state index is 0.00989. The molecule has 0 aliphatic heterocycles. The lowest BCUT2D eigenvalue weighted by molar-refractivity contribution is -0.116. The second kappa shape index (κ2) is 8.21. The van der Waals surface area contributed by atoms with Gasteiger partial charge in [-0.25, -0.2) is 8.42 Å². The molecule has 4 aromatic rings. The highest BCUT2D eigenvalue weighted by Gasteiger charge is 2.24. The van der Waals surface area contributed by atoms with Crippen LogP contribution in [0.25, 0.3) is 10.9 Å². The van der Waals surface area contributed by atoms with Gasteiger partial charge < -0.3 is 9.88 Å². The smallest absolute Gasteiger partial charge is 0.244 e. The number of benzene rings is 3. The molecule has 0 atom stereocenters. The van der Waals surface area contributed by atoms with Gasteiger partial charge in [-0.3, -0.25) is 4.79 Å². The quantitative estimate of drug-likeness (QED) is 0.441. The van der Waals surface area contributed by atoms with E-state index in [0.29, 0.717) is 15.9 Å². The van der Waals surface area contributed by atoms with Crippen LogP contribution in [0.1, 0.15) is 11.1 Å². The lowest BCUT2D eigenvalue weighted by atomic mass is 10.1. The molecule has 1 amide bonds. The first-order chi connectivity index (χ1) is 14.8. The van der Waals surface area contributed by atoms with Crippen molar-refractivity contribution in [3.63, 3.8) is 0 Å². The van der Waals surface area contributed by atoms with Crippen LogP contribution >= 0.6 is 11.6 Å². The number of nitrogens with zero attached hydrogens (tertiary/aromatic N) is 1. The fourth-order valence-corrected chi connectivity index (χ4v) is 5.12. The van der Waals surface area contributed by atoms with Crippen LogP contribution in [0.2, 0.25) is 5.02 Å². The highest BCUT2D eigenvalue weighted by atomic mass is 35.5. The number of rotatable bonds is 5. The topological polar surface area (TPSA) is 68.2 Å². The number of sulfone groups is 1. The monoisotopic (exact) mass is 452 g/mol. The second-order valence-electron chi connectivity index (χ2n) is 7.46. The van der Waals surface area contributed by atoms with Crippen molar-refractivity contribution in [1.82, 2.24) is 4.57 Å². The minimum atomic E-state index is -3.78. The van der Waals surface area contributed by atoms with E-state index >= 15 is 0 Å². The zero-order valence-electron chi connectivity index (χ0n) is 17.1. The number of para-hydroxylation sites is 1. The Labute approximate surface area is 186 Å². The summed E-state index contributed by atoms with van der Waals surface area (Å²) in [7, 11) is -3.78. The van der Waals surface area contributed by atoms with Crippen molar-refractivity contribution in [3.8, 4) is 0 Å².